The van der Waals surface area contributed by atoms with Gasteiger partial charge in [0.2, 0.25) is 0 Å². The first kappa shape index (κ1) is 20.3. The van der Waals surface area contributed by atoms with E-state index in [0.29, 0.717) is 0 Å². The molecule has 2 aliphatic heterocycles. The fraction of sp³-hybridized carbons (Fsp3) is 0.346. The quantitative estimate of drug-likeness (QED) is 0.503. The van der Waals surface area contributed by atoms with Crippen molar-refractivity contribution in [2.75, 3.05) is 31.2 Å². The Morgan fingerprint density at radius 1 is 1.17 bits per heavy atom. The van der Waals surface area contributed by atoms with Gasteiger partial charge in [0.05, 0.1) is 18.8 Å². The minimum Gasteiger partial charge on any atom is -0.496 e. The number of hydrogen-bond donors (Lipinski definition) is 0. The lowest BCUT2D eigenvalue weighted by Crippen LogP contribution is -2.36. The first-order chi connectivity index (χ1) is 14.4. The number of benzene rings is 2. The molecule has 0 aliphatic carbocycles. The average molecular weight is 403 g/mol. The van der Waals surface area contributed by atoms with Crippen LogP contribution in [0.5, 0.6) is 5.75 Å². The molecule has 30 heavy (non-hydrogen) atoms. The Morgan fingerprint density at radius 2 is 1.93 bits per heavy atom. The van der Waals surface area contributed by atoms with Crippen LogP contribution in [0.3, 0.4) is 0 Å². The summed E-state index contributed by atoms with van der Waals surface area (Å²) in [6, 6.07) is 14.9. The van der Waals surface area contributed by atoms with Crippen LogP contribution >= 0.6 is 0 Å². The van der Waals surface area contributed by atoms with Crippen molar-refractivity contribution in [3.05, 3.63) is 77.6 Å². The van der Waals surface area contributed by atoms with E-state index in [4.69, 9.17) is 9.57 Å². The topological polar surface area (TPSA) is 24.9 Å². The summed E-state index contributed by atoms with van der Waals surface area (Å²) in [6.07, 6.45) is 9.00. The highest BCUT2D eigenvalue weighted by Gasteiger charge is 2.52. The monoisotopic (exact) mass is 402 g/mol. The maximum absolute atomic E-state index is 6.34. The number of nitrogens with zero attached hydrogens (tertiary/aromatic N) is 2. The molecule has 0 saturated carbocycles. The first-order valence-electron chi connectivity index (χ1n) is 10.4. The summed E-state index contributed by atoms with van der Waals surface area (Å²) < 4.78 is 5.55. The van der Waals surface area contributed by atoms with Crippen LogP contribution < -0.4 is 14.7 Å². The van der Waals surface area contributed by atoms with Crippen molar-refractivity contribution < 1.29 is 9.57 Å². The van der Waals surface area contributed by atoms with Crippen LogP contribution in [0.4, 0.5) is 11.4 Å². The molecular formula is C26H30N2O2. The molecule has 0 spiro atoms. The molecule has 2 atom stereocenters. The third-order valence-corrected chi connectivity index (χ3v) is 6.20. The van der Waals surface area contributed by atoms with E-state index >= 15 is 0 Å². The van der Waals surface area contributed by atoms with E-state index in [1.807, 2.05) is 44.5 Å². The number of hydrogen-bond acceptors (Lipinski definition) is 4. The van der Waals surface area contributed by atoms with Gasteiger partial charge in [-0.25, -0.2) is 5.06 Å². The molecule has 0 bridgehead atoms. The van der Waals surface area contributed by atoms with E-state index in [1.165, 1.54) is 16.8 Å². The summed E-state index contributed by atoms with van der Waals surface area (Å²) in [6.45, 7) is 4.53. The lowest BCUT2D eigenvalue weighted by molar-refractivity contribution is 0.0844. The van der Waals surface area contributed by atoms with Crippen molar-refractivity contribution in [1.29, 1.82) is 0 Å². The van der Waals surface area contributed by atoms with Gasteiger partial charge in [-0.1, -0.05) is 44.2 Å². The van der Waals surface area contributed by atoms with Gasteiger partial charge < -0.3 is 9.64 Å². The molecule has 0 N–H and O–H groups in total. The maximum Gasteiger partial charge on any atom is 0.124 e. The Hall–Kier alpha value is -2.94. The first-order valence-corrected chi connectivity index (χ1v) is 10.4. The van der Waals surface area contributed by atoms with Gasteiger partial charge in [-0.15, -0.1) is 5.73 Å². The highest BCUT2D eigenvalue weighted by Crippen LogP contribution is 2.50. The van der Waals surface area contributed by atoms with E-state index in [9.17, 15) is 0 Å². The second-order valence-electron chi connectivity index (χ2n) is 8.70. The van der Waals surface area contributed by atoms with Gasteiger partial charge in [-0.05, 0) is 42.0 Å². The predicted octanol–water partition coefficient (Wildman–Crippen LogP) is 5.26. The van der Waals surface area contributed by atoms with Crippen molar-refractivity contribution in [3.8, 4) is 5.75 Å². The third kappa shape index (κ3) is 3.65. The second kappa shape index (κ2) is 8.06. The minimum atomic E-state index is -0.0312. The molecular weight excluding hydrogens is 372 g/mol. The molecule has 2 unspecified atom stereocenters. The highest BCUT2D eigenvalue weighted by molar-refractivity contribution is 5.64. The zero-order valence-corrected chi connectivity index (χ0v) is 18.4. The van der Waals surface area contributed by atoms with Crippen LogP contribution in [0.2, 0.25) is 0 Å². The lowest BCUT2D eigenvalue weighted by Gasteiger charge is -2.26. The predicted molar refractivity (Wildman–Crippen MR) is 124 cm³/mol. The molecule has 2 aliphatic rings. The van der Waals surface area contributed by atoms with Gasteiger partial charge in [-0.2, -0.15) is 0 Å². The number of allylic oxidation sites excluding steroid dienone is 1. The van der Waals surface area contributed by atoms with E-state index in [0.717, 1.165) is 17.9 Å². The zero-order valence-electron chi connectivity index (χ0n) is 18.4. The Balaban J connectivity index is 1.46. The summed E-state index contributed by atoms with van der Waals surface area (Å²) >= 11 is 0. The second-order valence-corrected chi connectivity index (χ2v) is 8.70. The van der Waals surface area contributed by atoms with Crippen molar-refractivity contribution in [3.63, 3.8) is 0 Å². The van der Waals surface area contributed by atoms with Crippen molar-refractivity contribution >= 4 is 17.5 Å². The van der Waals surface area contributed by atoms with Crippen LogP contribution in [0.25, 0.3) is 6.08 Å². The molecule has 2 aromatic carbocycles. The van der Waals surface area contributed by atoms with Crippen LogP contribution in [0.15, 0.2) is 66.4 Å². The summed E-state index contributed by atoms with van der Waals surface area (Å²) in [4.78, 5) is 8.43. The number of ether oxygens (including phenoxy) is 1. The standard InChI is InChI=1S/C26H30N2O2/c1-26(2)24-18-21-22(11-9-12-23(21)29-5)28(24)30-25(26)13-8-6-7-10-19-14-16-20(17-15-19)27(3)4/h6-7,9-17,24-25H,18H2,1-5H3. The van der Waals surface area contributed by atoms with Gasteiger partial charge in [0.15, 0.2) is 0 Å². The molecule has 1 fully saturated rings. The zero-order chi connectivity index (χ0) is 21.3. The molecule has 1 saturated heterocycles. The average Bonchev–Trinajstić information content (AvgIpc) is 3.23. The van der Waals surface area contributed by atoms with E-state index in [2.05, 4.69) is 65.9 Å². The Kier molecular flexibility index (Phi) is 5.46. The maximum atomic E-state index is 6.34. The summed E-state index contributed by atoms with van der Waals surface area (Å²) in [5.41, 5.74) is 7.99. The summed E-state index contributed by atoms with van der Waals surface area (Å²) in [5.74, 6) is 0.942. The van der Waals surface area contributed by atoms with Gasteiger partial charge in [0.1, 0.15) is 11.9 Å². The molecule has 4 heteroatoms. The number of anilines is 2. The van der Waals surface area contributed by atoms with Gasteiger partial charge in [0.25, 0.3) is 0 Å². The highest BCUT2D eigenvalue weighted by atomic mass is 16.7. The minimum absolute atomic E-state index is 0.0223. The fourth-order valence-electron chi connectivity index (χ4n) is 4.23. The molecule has 0 aromatic heterocycles. The van der Waals surface area contributed by atoms with Gasteiger partial charge >= 0.3 is 0 Å². The number of methoxy groups -OCH3 is 1. The number of fused-ring (bicyclic) bond motifs is 3. The normalized spacial score (nSPS) is 21.2. The molecule has 156 valence electrons. The van der Waals surface area contributed by atoms with Crippen LogP contribution in [0, 0.1) is 5.41 Å². The molecule has 4 nitrogen and oxygen atoms in total. The molecule has 2 aromatic rings. The van der Waals surface area contributed by atoms with E-state index in [1.54, 1.807) is 7.11 Å². The van der Waals surface area contributed by atoms with Crippen molar-refractivity contribution in [2.24, 2.45) is 5.41 Å². The summed E-state index contributed by atoms with van der Waals surface area (Å²) in [7, 11) is 5.82. The molecule has 0 radical (unpaired) electrons. The lowest BCUT2D eigenvalue weighted by atomic mass is 9.78. The van der Waals surface area contributed by atoms with Gasteiger partial charge in [-0.3, -0.25) is 4.84 Å². The van der Waals surface area contributed by atoms with Gasteiger partial charge in [0, 0.05) is 37.2 Å². The third-order valence-electron chi connectivity index (χ3n) is 6.20. The fourth-order valence-corrected chi connectivity index (χ4v) is 4.23. The molecule has 4 rings (SSSR count). The van der Waals surface area contributed by atoms with E-state index < -0.39 is 0 Å². The Labute approximate surface area is 179 Å². The Morgan fingerprint density at radius 3 is 2.63 bits per heavy atom. The van der Waals surface area contributed by atoms with Crippen molar-refractivity contribution in [2.45, 2.75) is 32.4 Å². The van der Waals surface area contributed by atoms with Crippen LogP contribution in [-0.2, 0) is 11.3 Å². The van der Waals surface area contributed by atoms with Crippen molar-refractivity contribution in [1.82, 2.24) is 0 Å². The molecule has 0 amide bonds. The van der Waals surface area contributed by atoms with Crippen LogP contribution in [-0.4, -0.2) is 33.4 Å². The van der Waals surface area contributed by atoms with E-state index in [-0.39, 0.29) is 17.6 Å². The Bertz CT molecular complexity index is 998. The largest absolute Gasteiger partial charge is 0.496 e. The number of hydroxylamine groups is 1. The SMILES string of the molecule is COc1cccc2c1CC1N2OC(C=C=CC=Cc2ccc(N(C)C)cc2)C1(C)C. The smallest absolute Gasteiger partial charge is 0.124 e. The van der Waals surface area contributed by atoms with Crippen LogP contribution in [0.1, 0.15) is 25.0 Å². The number of rotatable bonds is 5. The summed E-state index contributed by atoms with van der Waals surface area (Å²) in [5, 5.41) is 2.07. The molecule has 2 heterocycles.